The summed E-state index contributed by atoms with van der Waals surface area (Å²) in [5.41, 5.74) is 0.953. The molecule has 0 radical (unpaired) electrons. The molecule has 1 heterocycles. The molecule has 2 rings (SSSR count). The highest BCUT2D eigenvalue weighted by Gasteiger charge is 2.12. The second-order valence-electron chi connectivity index (χ2n) is 3.66. The van der Waals surface area contributed by atoms with Gasteiger partial charge >= 0.3 is 0 Å². The van der Waals surface area contributed by atoms with Crippen LogP contribution in [0.2, 0.25) is 0 Å². The molecule has 0 bridgehead atoms. The van der Waals surface area contributed by atoms with Crippen LogP contribution >= 0.6 is 0 Å². The lowest BCUT2D eigenvalue weighted by Gasteiger charge is -1.97. The van der Waals surface area contributed by atoms with E-state index in [1.54, 1.807) is 12.2 Å². The first kappa shape index (κ1) is 10.7. The fourth-order valence-corrected chi connectivity index (χ4v) is 1.54. The highest BCUT2D eigenvalue weighted by atomic mass is 16.7. The molecule has 0 unspecified atom stereocenters. The average molecular weight is 218 g/mol. The summed E-state index contributed by atoms with van der Waals surface area (Å²) in [5.74, 6) is 1.65. The second kappa shape index (κ2) is 4.84. The maximum atomic E-state index is 11.3. The van der Waals surface area contributed by atoms with Gasteiger partial charge in [-0.3, -0.25) is 4.79 Å². The summed E-state index contributed by atoms with van der Waals surface area (Å²) in [6, 6.07) is 5.63. The third-order valence-corrected chi connectivity index (χ3v) is 2.35. The predicted octanol–water partition coefficient (Wildman–Crippen LogP) is 2.80. The number of hydrogen-bond donors (Lipinski definition) is 0. The molecule has 1 aromatic carbocycles. The number of carbonyl (C=O) groups is 1. The SMILES string of the molecule is CCCC(=O)/C=C/c1ccc2c(c1)OCO2. The highest BCUT2D eigenvalue weighted by molar-refractivity contribution is 5.93. The van der Waals surface area contributed by atoms with Crippen LogP contribution in [0, 0.1) is 0 Å². The van der Waals surface area contributed by atoms with Crippen LogP contribution in [0.3, 0.4) is 0 Å². The summed E-state index contributed by atoms with van der Waals surface area (Å²) < 4.78 is 10.5. The fourth-order valence-electron chi connectivity index (χ4n) is 1.54. The van der Waals surface area contributed by atoms with E-state index >= 15 is 0 Å². The topological polar surface area (TPSA) is 35.5 Å². The molecule has 1 aromatic rings. The minimum absolute atomic E-state index is 0.153. The largest absolute Gasteiger partial charge is 0.454 e. The van der Waals surface area contributed by atoms with Crippen molar-refractivity contribution in [2.45, 2.75) is 19.8 Å². The number of rotatable bonds is 4. The number of hydrogen-bond acceptors (Lipinski definition) is 3. The minimum atomic E-state index is 0.153. The smallest absolute Gasteiger partial charge is 0.231 e. The third kappa shape index (κ3) is 2.42. The summed E-state index contributed by atoms with van der Waals surface area (Å²) in [7, 11) is 0. The lowest BCUT2D eigenvalue weighted by atomic mass is 10.1. The number of fused-ring (bicyclic) bond motifs is 1. The molecule has 0 aliphatic carbocycles. The van der Waals surface area contributed by atoms with Gasteiger partial charge in [-0.15, -0.1) is 0 Å². The van der Waals surface area contributed by atoms with Gasteiger partial charge in [0.15, 0.2) is 17.3 Å². The summed E-state index contributed by atoms with van der Waals surface area (Å²) in [6.07, 6.45) is 4.90. The average Bonchev–Trinajstić information content (AvgIpc) is 2.74. The standard InChI is InChI=1S/C13H14O3/c1-2-3-11(14)6-4-10-5-7-12-13(8-10)16-9-15-12/h4-8H,2-3,9H2,1H3/b6-4+. The van der Waals surface area contributed by atoms with Gasteiger partial charge in [-0.25, -0.2) is 0 Å². The van der Waals surface area contributed by atoms with Crippen LogP contribution in [0.25, 0.3) is 6.08 Å². The summed E-state index contributed by atoms with van der Waals surface area (Å²) in [5, 5.41) is 0. The van der Waals surface area contributed by atoms with Crippen molar-refractivity contribution in [1.82, 2.24) is 0 Å². The van der Waals surface area contributed by atoms with Crippen molar-refractivity contribution in [3.8, 4) is 11.5 Å². The van der Waals surface area contributed by atoms with Gasteiger partial charge in [-0.2, -0.15) is 0 Å². The first-order valence-electron chi connectivity index (χ1n) is 5.40. The van der Waals surface area contributed by atoms with Crippen molar-refractivity contribution in [2.24, 2.45) is 0 Å². The Bertz CT molecular complexity index is 421. The van der Waals surface area contributed by atoms with Gasteiger partial charge in [0, 0.05) is 6.42 Å². The van der Waals surface area contributed by atoms with Gasteiger partial charge in [-0.1, -0.05) is 19.1 Å². The predicted molar refractivity (Wildman–Crippen MR) is 61.5 cm³/mol. The molecule has 1 aliphatic heterocycles. The second-order valence-corrected chi connectivity index (χ2v) is 3.66. The molecule has 0 spiro atoms. The molecule has 3 heteroatoms. The van der Waals surface area contributed by atoms with Gasteiger partial charge in [0.05, 0.1) is 0 Å². The molecule has 0 N–H and O–H groups in total. The molecule has 1 aliphatic rings. The molecule has 0 atom stereocenters. The Balaban J connectivity index is 2.08. The van der Waals surface area contributed by atoms with Crippen molar-refractivity contribution < 1.29 is 14.3 Å². The quantitative estimate of drug-likeness (QED) is 0.729. The first-order chi connectivity index (χ1) is 7.79. The van der Waals surface area contributed by atoms with E-state index in [2.05, 4.69) is 0 Å². The number of carbonyl (C=O) groups excluding carboxylic acids is 1. The van der Waals surface area contributed by atoms with E-state index < -0.39 is 0 Å². The minimum Gasteiger partial charge on any atom is -0.454 e. The summed E-state index contributed by atoms with van der Waals surface area (Å²) in [6.45, 7) is 2.27. The molecule has 0 saturated heterocycles. The molecular weight excluding hydrogens is 204 g/mol. The Hall–Kier alpha value is -1.77. The lowest BCUT2D eigenvalue weighted by Crippen LogP contribution is -1.92. The van der Waals surface area contributed by atoms with E-state index in [1.165, 1.54) is 0 Å². The molecule has 0 aromatic heterocycles. The molecule has 84 valence electrons. The third-order valence-electron chi connectivity index (χ3n) is 2.35. The summed E-state index contributed by atoms with van der Waals surface area (Å²) >= 11 is 0. The molecule has 3 nitrogen and oxygen atoms in total. The van der Waals surface area contributed by atoms with Crippen molar-refractivity contribution in [3.63, 3.8) is 0 Å². The Labute approximate surface area is 94.7 Å². The Morgan fingerprint density at radius 1 is 1.38 bits per heavy atom. The van der Waals surface area contributed by atoms with E-state index in [9.17, 15) is 4.79 Å². The zero-order chi connectivity index (χ0) is 11.4. The number of ketones is 1. The first-order valence-corrected chi connectivity index (χ1v) is 5.40. The lowest BCUT2D eigenvalue weighted by molar-refractivity contribution is -0.114. The normalized spacial score (nSPS) is 13.3. The molecule has 0 saturated carbocycles. The highest BCUT2D eigenvalue weighted by Crippen LogP contribution is 2.32. The van der Waals surface area contributed by atoms with E-state index in [0.29, 0.717) is 6.42 Å². The van der Waals surface area contributed by atoms with Crippen LogP contribution < -0.4 is 9.47 Å². The summed E-state index contributed by atoms with van der Waals surface area (Å²) in [4.78, 5) is 11.3. The number of ether oxygens (including phenoxy) is 2. The van der Waals surface area contributed by atoms with Crippen LogP contribution in [0.4, 0.5) is 0 Å². The van der Waals surface area contributed by atoms with Crippen LogP contribution in [0.5, 0.6) is 11.5 Å². The van der Waals surface area contributed by atoms with Crippen LogP contribution in [0.15, 0.2) is 24.3 Å². The van der Waals surface area contributed by atoms with Gasteiger partial charge in [-0.05, 0) is 30.2 Å². The number of benzene rings is 1. The molecule has 16 heavy (non-hydrogen) atoms. The van der Waals surface area contributed by atoms with Crippen molar-refractivity contribution in [2.75, 3.05) is 6.79 Å². The maximum Gasteiger partial charge on any atom is 0.231 e. The van der Waals surface area contributed by atoms with E-state index in [4.69, 9.17) is 9.47 Å². The van der Waals surface area contributed by atoms with Crippen molar-refractivity contribution in [3.05, 3.63) is 29.8 Å². The molecule has 0 amide bonds. The van der Waals surface area contributed by atoms with E-state index in [0.717, 1.165) is 23.5 Å². The van der Waals surface area contributed by atoms with Gasteiger partial charge in [0.25, 0.3) is 0 Å². The number of allylic oxidation sites excluding steroid dienone is 1. The van der Waals surface area contributed by atoms with Gasteiger partial charge in [0.2, 0.25) is 6.79 Å². The Kier molecular flexibility index (Phi) is 3.25. The fraction of sp³-hybridized carbons (Fsp3) is 0.308. The molecular formula is C13H14O3. The van der Waals surface area contributed by atoms with E-state index in [-0.39, 0.29) is 12.6 Å². The van der Waals surface area contributed by atoms with Crippen LogP contribution in [0.1, 0.15) is 25.3 Å². The van der Waals surface area contributed by atoms with Crippen LogP contribution in [-0.2, 0) is 4.79 Å². The molecule has 0 fully saturated rings. The van der Waals surface area contributed by atoms with Crippen LogP contribution in [-0.4, -0.2) is 12.6 Å². The van der Waals surface area contributed by atoms with Gasteiger partial charge in [0.1, 0.15) is 0 Å². The van der Waals surface area contributed by atoms with Crippen molar-refractivity contribution in [1.29, 1.82) is 0 Å². The zero-order valence-corrected chi connectivity index (χ0v) is 9.23. The van der Waals surface area contributed by atoms with E-state index in [1.807, 2.05) is 25.1 Å². The van der Waals surface area contributed by atoms with Gasteiger partial charge < -0.3 is 9.47 Å². The Morgan fingerprint density at radius 2 is 2.19 bits per heavy atom. The monoisotopic (exact) mass is 218 g/mol. The maximum absolute atomic E-state index is 11.3. The Morgan fingerprint density at radius 3 is 3.00 bits per heavy atom. The zero-order valence-electron chi connectivity index (χ0n) is 9.23. The van der Waals surface area contributed by atoms with Crippen molar-refractivity contribution >= 4 is 11.9 Å².